The summed E-state index contributed by atoms with van der Waals surface area (Å²) in [7, 11) is 0. The van der Waals surface area contributed by atoms with E-state index in [0.29, 0.717) is 18.0 Å². The molecule has 0 amide bonds. The van der Waals surface area contributed by atoms with Gasteiger partial charge in [0.25, 0.3) is 0 Å². The molecule has 5 N–H and O–H groups in total. The van der Waals surface area contributed by atoms with Crippen LogP contribution in [0.3, 0.4) is 0 Å². The molecule has 4 unspecified atom stereocenters. The number of nitrogens with one attached hydrogen (secondary N) is 1. The Morgan fingerprint density at radius 2 is 1.92 bits per heavy atom. The fraction of sp³-hybridized carbons (Fsp3) is 0.632. The number of halogens is 1. The van der Waals surface area contributed by atoms with Crippen LogP contribution in [0.15, 0.2) is 24.3 Å². The van der Waals surface area contributed by atoms with E-state index in [1.54, 1.807) is 0 Å². The molecule has 1 aromatic carbocycles. The van der Waals surface area contributed by atoms with Crippen molar-refractivity contribution in [3.63, 3.8) is 0 Å². The third kappa shape index (κ3) is 2.60. The molecule has 4 atom stereocenters. The van der Waals surface area contributed by atoms with Crippen LogP contribution in [-0.2, 0) is 10.3 Å². The molecule has 24 heavy (non-hydrogen) atoms. The predicted octanol–water partition coefficient (Wildman–Crippen LogP) is 2.97. The molecule has 0 aromatic heterocycles. The molecule has 0 spiro atoms. The van der Waals surface area contributed by atoms with E-state index in [9.17, 15) is 4.79 Å². The first-order valence-electron chi connectivity index (χ1n) is 8.77. The van der Waals surface area contributed by atoms with Gasteiger partial charge < -0.3 is 16.8 Å². The molecule has 1 aromatic rings. The molecule has 5 heteroatoms. The van der Waals surface area contributed by atoms with Crippen molar-refractivity contribution in [3.05, 3.63) is 34.9 Å². The highest BCUT2D eigenvalue weighted by Crippen LogP contribution is 2.51. The summed E-state index contributed by atoms with van der Waals surface area (Å²) >= 11 is 6.03. The van der Waals surface area contributed by atoms with Crippen molar-refractivity contribution < 1.29 is 4.79 Å². The number of ketones is 1. The first-order chi connectivity index (χ1) is 11.2. The van der Waals surface area contributed by atoms with Crippen LogP contribution in [0, 0.1) is 5.41 Å². The zero-order valence-corrected chi connectivity index (χ0v) is 15.9. The second-order valence-corrected chi connectivity index (χ2v) is 7.73. The van der Waals surface area contributed by atoms with Gasteiger partial charge in [-0.2, -0.15) is 0 Å². The third-order valence-electron chi connectivity index (χ3n) is 6.16. The highest BCUT2D eigenvalue weighted by Gasteiger charge is 2.64. The van der Waals surface area contributed by atoms with Crippen LogP contribution < -0.4 is 16.8 Å². The Bertz CT molecular complexity index is 601. The van der Waals surface area contributed by atoms with Crippen molar-refractivity contribution in [1.29, 1.82) is 0 Å². The Labute approximate surface area is 150 Å². The number of Topliss-reactive ketones (excluding diaryl/α,β-unsaturated/α-hetero) is 1. The van der Waals surface area contributed by atoms with Crippen molar-refractivity contribution in [2.45, 2.75) is 64.1 Å². The van der Waals surface area contributed by atoms with Gasteiger partial charge in [0.1, 0.15) is 0 Å². The number of benzene rings is 1. The Kier molecular flexibility index (Phi) is 5.46. The smallest absolute Gasteiger partial charge is 0.154 e. The molecule has 2 rings (SSSR count). The molecule has 0 radical (unpaired) electrons. The minimum atomic E-state index is -0.909. The number of carbonyl (C=O) groups is 1. The lowest BCUT2D eigenvalue weighted by Gasteiger charge is -2.60. The Balaban J connectivity index is 2.66. The van der Waals surface area contributed by atoms with Gasteiger partial charge >= 0.3 is 0 Å². The van der Waals surface area contributed by atoms with Crippen molar-refractivity contribution in [3.8, 4) is 0 Å². The second kappa shape index (κ2) is 6.75. The number of hydrogen-bond acceptors (Lipinski definition) is 4. The maximum absolute atomic E-state index is 13.0. The van der Waals surface area contributed by atoms with Crippen molar-refractivity contribution in [1.82, 2.24) is 5.32 Å². The molecule has 1 heterocycles. The summed E-state index contributed by atoms with van der Waals surface area (Å²) in [6.45, 7) is 8.46. The summed E-state index contributed by atoms with van der Waals surface area (Å²) in [5, 5.41) is 3.93. The van der Waals surface area contributed by atoms with E-state index >= 15 is 0 Å². The van der Waals surface area contributed by atoms with E-state index in [2.05, 4.69) is 12.2 Å². The largest absolute Gasteiger partial charge is 0.321 e. The summed E-state index contributed by atoms with van der Waals surface area (Å²) in [6.07, 6.45) is 2.32. The van der Waals surface area contributed by atoms with Crippen molar-refractivity contribution in [2.75, 3.05) is 6.54 Å². The van der Waals surface area contributed by atoms with Gasteiger partial charge in [-0.25, -0.2) is 0 Å². The monoisotopic (exact) mass is 351 g/mol. The minimum absolute atomic E-state index is 0.0904. The van der Waals surface area contributed by atoms with E-state index < -0.39 is 16.5 Å². The molecule has 0 bridgehead atoms. The fourth-order valence-corrected chi connectivity index (χ4v) is 4.77. The SMILES string of the molecule is CCCC1(CC)C(=O)CNC(C)C1(N)C(C)(N)c1ccc(Cl)cc1. The Morgan fingerprint density at radius 1 is 1.33 bits per heavy atom. The van der Waals surface area contributed by atoms with E-state index in [0.717, 1.165) is 18.4 Å². The minimum Gasteiger partial charge on any atom is -0.321 e. The first-order valence-corrected chi connectivity index (χ1v) is 9.15. The average Bonchev–Trinajstić information content (AvgIpc) is 2.55. The number of hydrogen-bond donors (Lipinski definition) is 3. The molecule has 4 nitrogen and oxygen atoms in total. The molecule has 1 fully saturated rings. The van der Waals surface area contributed by atoms with Crippen LogP contribution >= 0.6 is 11.6 Å². The Morgan fingerprint density at radius 3 is 2.42 bits per heavy atom. The number of carbonyl (C=O) groups excluding carboxylic acids is 1. The third-order valence-corrected chi connectivity index (χ3v) is 6.41. The van der Waals surface area contributed by atoms with Crippen LogP contribution in [0.25, 0.3) is 0 Å². The summed E-state index contributed by atoms with van der Waals surface area (Å²) in [5.41, 5.74) is 12.4. The molecule has 134 valence electrons. The maximum atomic E-state index is 13.0. The summed E-state index contributed by atoms with van der Waals surface area (Å²) in [4.78, 5) is 13.0. The predicted molar refractivity (Wildman–Crippen MR) is 100 cm³/mol. The topological polar surface area (TPSA) is 81.1 Å². The molecule has 1 saturated heterocycles. The summed E-state index contributed by atoms with van der Waals surface area (Å²) < 4.78 is 0. The molecule has 0 saturated carbocycles. The van der Waals surface area contributed by atoms with Gasteiger partial charge in [-0.3, -0.25) is 4.79 Å². The van der Waals surface area contributed by atoms with E-state index in [1.807, 2.05) is 45.0 Å². The van der Waals surface area contributed by atoms with Gasteiger partial charge in [0.05, 0.1) is 23.0 Å². The van der Waals surface area contributed by atoms with Gasteiger partial charge in [0.2, 0.25) is 0 Å². The van der Waals surface area contributed by atoms with Crippen LogP contribution in [0.2, 0.25) is 5.02 Å². The second-order valence-electron chi connectivity index (χ2n) is 7.29. The van der Waals surface area contributed by atoms with Crippen molar-refractivity contribution in [2.24, 2.45) is 16.9 Å². The van der Waals surface area contributed by atoms with Crippen LogP contribution in [0.5, 0.6) is 0 Å². The molecular formula is C19H30ClN3O. The molecule has 1 aliphatic rings. The van der Waals surface area contributed by atoms with Crippen molar-refractivity contribution >= 4 is 17.4 Å². The highest BCUT2D eigenvalue weighted by atomic mass is 35.5. The maximum Gasteiger partial charge on any atom is 0.154 e. The Hall–Kier alpha value is -0.940. The standard InChI is InChI=1S/C19H30ClN3O/c1-5-11-18(6-2)16(24)12-23-13(3)19(18,22)17(4,21)14-7-9-15(20)10-8-14/h7-10,13,23H,5-6,11-12,21-22H2,1-4H3. The first kappa shape index (κ1) is 19.4. The summed E-state index contributed by atoms with van der Waals surface area (Å²) in [6, 6.07) is 7.38. The zero-order chi connectivity index (χ0) is 18.2. The zero-order valence-electron chi connectivity index (χ0n) is 15.2. The van der Waals surface area contributed by atoms with Gasteiger partial charge in [0.15, 0.2) is 5.78 Å². The highest BCUT2D eigenvalue weighted by molar-refractivity contribution is 6.30. The van der Waals surface area contributed by atoms with E-state index in [1.165, 1.54) is 0 Å². The van der Waals surface area contributed by atoms with Gasteiger partial charge in [-0.1, -0.05) is 44.0 Å². The average molecular weight is 352 g/mol. The van der Waals surface area contributed by atoms with Gasteiger partial charge in [-0.05, 0) is 44.4 Å². The normalized spacial score (nSPS) is 33.3. The van der Waals surface area contributed by atoms with Gasteiger partial charge in [-0.15, -0.1) is 0 Å². The fourth-order valence-electron chi connectivity index (χ4n) is 4.64. The number of piperidine rings is 1. The van der Waals surface area contributed by atoms with Crippen LogP contribution in [0.4, 0.5) is 0 Å². The quantitative estimate of drug-likeness (QED) is 0.761. The molecular weight excluding hydrogens is 322 g/mol. The lowest BCUT2D eigenvalue weighted by Crippen LogP contribution is -2.82. The molecule has 1 aliphatic heterocycles. The number of nitrogens with two attached hydrogens (primary N) is 2. The summed E-state index contributed by atoms with van der Waals surface area (Å²) in [5.74, 6) is 0.165. The van der Waals surface area contributed by atoms with E-state index in [4.69, 9.17) is 23.1 Å². The van der Waals surface area contributed by atoms with Crippen LogP contribution in [-0.4, -0.2) is 23.9 Å². The lowest BCUT2D eigenvalue weighted by molar-refractivity contribution is -0.142. The van der Waals surface area contributed by atoms with Gasteiger partial charge in [0, 0.05) is 11.1 Å². The van der Waals surface area contributed by atoms with E-state index in [-0.39, 0.29) is 11.8 Å². The number of rotatable bonds is 5. The van der Waals surface area contributed by atoms with Crippen LogP contribution in [0.1, 0.15) is 52.5 Å². The lowest BCUT2D eigenvalue weighted by atomic mass is 9.50. The molecule has 0 aliphatic carbocycles.